The van der Waals surface area contributed by atoms with Crippen LogP contribution in [0, 0.1) is 6.92 Å². The predicted molar refractivity (Wildman–Crippen MR) is 235 cm³/mol. The Morgan fingerprint density at radius 2 is 1.38 bits per heavy atom. The minimum absolute atomic E-state index is 0.723. The molecule has 276 valence electrons. The number of rotatable bonds is 5. The molecule has 0 fully saturated rings. The molecule has 2 N–H and O–H groups in total. The SMILES string of the molecule is CC.Cc1ccccc1.N/C(=C\Cc1cccc(-c2cccc(-n3c4ccccc4c4ccc5c(c43)Oc3cc4c(cc3O5)C=CCC4)c2)c1)c1ccccc1. The van der Waals surface area contributed by atoms with Gasteiger partial charge in [0.05, 0.1) is 5.52 Å². The fourth-order valence-electron chi connectivity index (χ4n) is 7.50. The van der Waals surface area contributed by atoms with Gasteiger partial charge in [-0.1, -0.05) is 153 Å². The molecule has 0 spiro atoms. The average Bonchev–Trinajstić information content (AvgIpc) is 3.61. The van der Waals surface area contributed by atoms with Crippen LogP contribution >= 0.6 is 0 Å². The van der Waals surface area contributed by atoms with E-state index in [1.807, 2.05) is 68.4 Å². The number of nitrogens with zero attached hydrogens (tertiary/aromatic N) is 1. The van der Waals surface area contributed by atoms with Gasteiger partial charge in [0, 0.05) is 22.2 Å². The van der Waals surface area contributed by atoms with Gasteiger partial charge >= 0.3 is 0 Å². The highest BCUT2D eigenvalue weighted by atomic mass is 16.6. The lowest BCUT2D eigenvalue weighted by molar-refractivity contribution is 0.362. The van der Waals surface area contributed by atoms with Crippen molar-refractivity contribution < 1.29 is 9.47 Å². The van der Waals surface area contributed by atoms with E-state index in [1.54, 1.807) is 0 Å². The molecule has 56 heavy (non-hydrogen) atoms. The van der Waals surface area contributed by atoms with Gasteiger partial charge in [-0.3, -0.25) is 0 Å². The van der Waals surface area contributed by atoms with E-state index < -0.39 is 0 Å². The van der Waals surface area contributed by atoms with Crippen LogP contribution in [0.4, 0.5) is 0 Å². The lowest BCUT2D eigenvalue weighted by Gasteiger charge is -2.24. The van der Waals surface area contributed by atoms with E-state index in [4.69, 9.17) is 15.2 Å². The van der Waals surface area contributed by atoms with Crippen LogP contribution in [-0.4, -0.2) is 4.57 Å². The molecule has 1 aliphatic carbocycles. The summed E-state index contributed by atoms with van der Waals surface area (Å²) in [6.45, 7) is 6.08. The Morgan fingerprint density at radius 3 is 2.16 bits per heavy atom. The van der Waals surface area contributed by atoms with Crippen LogP contribution in [-0.2, 0) is 12.8 Å². The van der Waals surface area contributed by atoms with Crippen molar-refractivity contribution in [2.45, 2.75) is 40.0 Å². The first kappa shape index (κ1) is 36.2. The summed E-state index contributed by atoms with van der Waals surface area (Å²) in [5.41, 5.74) is 18.7. The van der Waals surface area contributed by atoms with Gasteiger partial charge in [0.15, 0.2) is 23.0 Å². The van der Waals surface area contributed by atoms with E-state index in [9.17, 15) is 0 Å². The van der Waals surface area contributed by atoms with Gasteiger partial charge in [-0.25, -0.2) is 0 Å². The summed E-state index contributed by atoms with van der Waals surface area (Å²) < 4.78 is 15.6. The van der Waals surface area contributed by atoms with Crippen molar-refractivity contribution in [1.82, 2.24) is 4.57 Å². The lowest BCUT2D eigenvalue weighted by Crippen LogP contribution is -2.04. The summed E-state index contributed by atoms with van der Waals surface area (Å²) in [5.74, 6) is 2.99. The molecule has 2 heterocycles. The maximum absolute atomic E-state index is 6.77. The third-order valence-corrected chi connectivity index (χ3v) is 10.2. The zero-order chi connectivity index (χ0) is 38.4. The molecule has 1 aromatic heterocycles. The van der Waals surface area contributed by atoms with E-state index in [0.29, 0.717) is 0 Å². The molecule has 0 unspecified atom stereocenters. The number of para-hydroxylation sites is 1. The van der Waals surface area contributed by atoms with Gasteiger partial charge in [-0.05, 0) is 102 Å². The number of aryl methyl sites for hydroxylation is 2. The molecule has 7 aromatic carbocycles. The molecule has 8 aromatic rings. The van der Waals surface area contributed by atoms with Crippen molar-refractivity contribution >= 4 is 33.6 Å². The first-order chi connectivity index (χ1) is 27.6. The first-order valence-electron chi connectivity index (χ1n) is 19.6. The lowest BCUT2D eigenvalue weighted by atomic mass is 9.96. The van der Waals surface area contributed by atoms with Crippen molar-refractivity contribution in [3.63, 3.8) is 0 Å². The number of ether oxygens (including phenoxy) is 2. The molecule has 0 bridgehead atoms. The zero-order valence-corrected chi connectivity index (χ0v) is 32.2. The Morgan fingerprint density at radius 1 is 0.661 bits per heavy atom. The third-order valence-electron chi connectivity index (χ3n) is 10.2. The number of hydrogen-bond acceptors (Lipinski definition) is 3. The van der Waals surface area contributed by atoms with E-state index in [-0.39, 0.29) is 0 Å². The van der Waals surface area contributed by atoms with Crippen LogP contribution < -0.4 is 15.2 Å². The van der Waals surface area contributed by atoms with Crippen LogP contribution in [0.25, 0.3) is 50.4 Å². The van der Waals surface area contributed by atoms with Crippen molar-refractivity contribution in [1.29, 1.82) is 0 Å². The molecule has 10 rings (SSSR count). The molecular formula is C52H46N2O2. The third kappa shape index (κ3) is 7.34. The van der Waals surface area contributed by atoms with Crippen LogP contribution in [0.15, 0.2) is 170 Å². The van der Waals surface area contributed by atoms with E-state index >= 15 is 0 Å². The van der Waals surface area contributed by atoms with Gasteiger partial charge in [-0.15, -0.1) is 0 Å². The minimum atomic E-state index is 0.723. The Balaban J connectivity index is 0.000000439. The molecule has 0 atom stereocenters. The topological polar surface area (TPSA) is 49.4 Å². The largest absolute Gasteiger partial charge is 0.449 e. The Labute approximate surface area is 329 Å². The number of fused-ring (bicyclic) bond motifs is 7. The monoisotopic (exact) mass is 730 g/mol. The molecule has 0 amide bonds. The number of hydrogen-bond donors (Lipinski definition) is 1. The van der Waals surface area contributed by atoms with Gasteiger partial charge < -0.3 is 19.8 Å². The van der Waals surface area contributed by atoms with Crippen LogP contribution in [0.5, 0.6) is 23.0 Å². The number of nitrogens with two attached hydrogens (primary N) is 1. The minimum Gasteiger partial charge on any atom is -0.449 e. The fourth-order valence-corrected chi connectivity index (χ4v) is 7.50. The first-order valence-corrected chi connectivity index (χ1v) is 19.6. The van der Waals surface area contributed by atoms with Gasteiger partial charge in [0.1, 0.15) is 5.52 Å². The highest BCUT2D eigenvalue weighted by molar-refractivity contribution is 6.12. The summed E-state index contributed by atoms with van der Waals surface area (Å²) in [4.78, 5) is 0. The highest BCUT2D eigenvalue weighted by Gasteiger charge is 2.27. The van der Waals surface area contributed by atoms with E-state index in [2.05, 4.69) is 133 Å². The van der Waals surface area contributed by atoms with Gasteiger partial charge in [-0.2, -0.15) is 0 Å². The second-order valence-corrected chi connectivity index (χ2v) is 13.9. The molecular weight excluding hydrogens is 685 g/mol. The summed E-state index contributed by atoms with van der Waals surface area (Å²) in [7, 11) is 0. The Bertz CT molecular complexity index is 2700. The molecule has 0 radical (unpaired) electrons. The van der Waals surface area contributed by atoms with Crippen molar-refractivity contribution in [2.75, 3.05) is 0 Å². The van der Waals surface area contributed by atoms with Gasteiger partial charge in [0.2, 0.25) is 0 Å². The average molecular weight is 731 g/mol. The van der Waals surface area contributed by atoms with E-state index in [1.165, 1.54) is 27.6 Å². The molecule has 4 heteroatoms. The Kier molecular flexibility index (Phi) is 10.5. The molecule has 0 saturated carbocycles. The summed E-state index contributed by atoms with van der Waals surface area (Å²) in [6.07, 6.45) is 9.30. The molecule has 2 aliphatic rings. The number of allylic oxidation sites excluding steroid dienone is 2. The number of aromatic nitrogens is 1. The highest BCUT2D eigenvalue weighted by Crippen LogP contribution is 2.52. The summed E-state index contributed by atoms with van der Waals surface area (Å²) in [6, 6.07) is 54.8. The molecule has 4 nitrogen and oxygen atoms in total. The number of benzene rings is 7. The van der Waals surface area contributed by atoms with Crippen LogP contribution in [0.1, 0.15) is 48.1 Å². The fraction of sp³-hybridized carbons (Fsp3) is 0.115. The second kappa shape index (κ2) is 16.3. The standard InChI is InChI=1S/C43H32N2O2.C7H8.C2H6/c44-37(29-11-2-1-3-12-29)22-20-28-10-8-15-30(24-28)31-16-9-17-34(25-31)45-38-19-7-6-18-35(38)36-21-23-39-43(42(36)45)47-41-27-33-14-5-4-13-32(33)26-40(41)46-39;1-7-5-3-2-4-6-7;1-2/h1-4,6-13,15-19,21-27H,5,14,20,44H2;2-6H,1H3;1-2H3/b37-22-;;. The van der Waals surface area contributed by atoms with Crippen molar-refractivity contribution in [3.05, 3.63) is 198 Å². The zero-order valence-electron chi connectivity index (χ0n) is 32.2. The van der Waals surface area contributed by atoms with Crippen LogP contribution in [0.2, 0.25) is 0 Å². The Hall–Kier alpha value is -6.78. The molecule has 1 aliphatic heterocycles. The summed E-state index contributed by atoms with van der Waals surface area (Å²) in [5, 5.41) is 2.30. The smallest absolute Gasteiger partial charge is 0.194 e. The maximum atomic E-state index is 6.77. The van der Waals surface area contributed by atoms with Crippen molar-refractivity contribution in [3.8, 4) is 39.8 Å². The van der Waals surface area contributed by atoms with Crippen LogP contribution in [0.3, 0.4) is 0 Å². The van der Waals surface area contributed by atoms with Crippen molar-refractivity contribution in [2.24, 2.45) is 5.73 Å². The molecule has 0 saturated heterocycles. The second-order valence-electron chi connectivity index (χ2n) is 13.9. The quantitative estimate of drug-likeness (QED) is 0.192. The normalized spacial score (nSPS) is 12.5. The van der Waals surface area contributed by atoms with Gasteiger partial charge in [0.25, 0.3) is 0 Å². The predicted octanol–water partition coefficient (Wildman–Crippen LogP) is 13.9. The maximum Gasteiger partial charge on any atom is 0.194 e. The summed E-state index contributed by atoms with van der Waals surface area (Å²) >= 11 is 0. The van der Waals surface area contributed by atoms with E-state index in [0.717, 1.165) is 86.8 Å².